The van der Waals surface area contributed by atoms with Crippen molar-refractivity contribution in [2.75, 3.05) is 11.5 Å². The SMILES string of the molecule is O=C(Cc1cccs1)NC1C(=O)N2C(C(=O)O)=C(CSc3ncn[nH]3)CSC12. The fourth-order valence-electron chi connectivity index (χ4n) is 3.01. The molecule has 1 fully saturated rings. The van der Waals surface area contributed by atoms with Gasteiger partial charge in [0, 0.05) is 16.4 Å². The van der Waals surface area contributed by atoms with Crippen molar-refractivity contribution >= 4 is 52.6 Å². The number of carbonyl (C=O) groups is 3. The van der Waals surface area contributed by atoms with Gasteiger partial charge in [-0.05, 0) is 17.0 Å². The van der Waals surface area contributed by atoms with Crippen LogP contribution in [0, 0.1) is 0 Å². The van der Waals surface area contributed by atoms with E-state index in [4.69, 9.17) is 0 Å². The Labute approximate surface area is 172 Å². The molecule has 2 aromatic heterocycles. The number of β-lactam (4-membered cyclic amide) rings is 1. The molecule has 0 saturated carbocycles. The zero-order chi connectivity index (χ0) is 19.7. The van der Waals surface area contributed by atoms with Crippen molar-refractivity contribution in [3.63, 3.8) is 0 Å². The maximum Gasteiger partial charge on any atom is 0.352 e. The van der Waals surface area contributed by atoms with E-state index in [0.29, 0.717) is 22.2 Å². The van der Waals surface area contributed by atoms with Crippen molar-refractivity contribution in [2.24, 2.45) is 0 Å². The molecule has 0 aliphatic carbocycles. The van der Waals surface area contributed by atoms with Gasteiger partial charge in [0.2, 0.25) is 5.91 Å². The molecule has 0 radical (unpaired) electrons. The summed E-state index contributed by atoms with van der Waals surface area (Å²) in [6.45, 7) is 0. The Bertz CT molecular complexity index is 928. The third-order valence-corrected chi connectivity index (χ3v) is 7.44. The summed E-state index contributed by atoms with van der Waals surface area (Å²) in [5.74, 6) is -0.926. The average Bonchev–Trinajstić information content (AvgIpc) is 3.37. The standard InChI is InChI=1S/C16H15N5O4S3/c22-10(4-9-2-1-3-26-9)19-11-13(23)21-12(15(24)25)8(5-27-14(11)21)6-28-16-17-7-18-20-16/h1-3,7,11,14H,4-6H2,(H,19,22)(H,24,25)(H,17,18,20). The number of hydrogen-bond acceptors (Lipinski definition) is 8. The number of nitrogens with one attached hydrogen (secondary N) is 2. The predicted molar refractivity (Wildman–Crippen MR) is 105 cm³/mol. The van der Waals surface area contributed by atoms with Crippen LogP contribution in [-0.4, -0.2) is 65.9 Å². The van der Waals surface area contributed by atoms with Gasteiger partial charge in [0.25, 0.3) is 5.91 Å². The van der Waals surface area contributed by atoms with Gasteiger partial charge in [0.15, 0.2) is 5.16 Å². The Morgan fingerprint density at radius 2 is 2.32 bits per heavy atom. The predicted octanol–water partition coefficient (Wildman–Crippen LogP) is 0.940. The van der Waals surface area contributed by atoms with Crippen molar-refractivity contribution < 1.29 is 19.5 Å². The van der Waals surface area contributed by atoms with E-state index in [9.17, 15) is 19.5 Å². The first-order valence-corrected chi connectivity index (χ1v) is 11.2. The molecule has 2 aromatic rings. The second-order valence-corrected chi connectivity index (χ2v) is 9.15. The molecule has 2 unspecified atom stereocenters. The number of aromatic amines is 1. The average molecular weight is 438 g/mol. The molecule has 0 aromatic carbocycles. The van der Waals surface area contributed by atoms with Crippen LogP contribution in [0.2, 0.25) is 0 Å². The van der Waals surface area contributed by atoms with Crippen LogP contribution >= 0.6 is 34.9 Å². The summed E-state index contributed by atoms with van der Waals surface area (Å²) < 4.78 is 0. The Hall–Kier alpha value is -2.31. The highest BCUT2D eigenvalue weighted by molar-refractivity contribution is 8.01. The maximum absolute atomic E-state index is 12.6. The number of amides is 2. The number of aliphatic carboxylic acids is 1. The summed E-state index contributed by atoms with van der Waals surface area (Å²) in [5.41, 5.74) is 0.649. The van der Waals surface area contributed by atoms with E-state index in [2.05, 4.69) is 20.5 Å². The largest absolute Gasteiger partial charge is 0.477 e. The van der Waals surface area contributed by atoms with Gasteiger partial charge in [-0.25, -0.2) is 9.78 Å². The van der Waals surface area contributed by atoms with Crippen LogP contribution < -0.4 is 5.32 Å². The van der Waals surface area contributed by atoms with Crippen LogP contribution in [0.15, 0.2) is 40.3 Å². The van der Waals surface area contributed by atoms with Gasteiger partial charge < -0.3 is 10.4 Å². The molecule has 12 heteroatoms. The lowest BCUT2D eigenvalue weighted by Gasteiger charge is -2.49. The van der Waals surface area contributed by atoms with Gasteiger partial charge in [0.1, 0.15) is 23.4 Å². The number of fused-ring (bicyclic) bond motifs is 1. The van der Waals surface area contributed by atoms with Gasteiger partial charge in [-0.2, -0.15) is 5.10 Å². The van der Waals surface area contributed by atoms with Gasteiger partial charge in [-0.3, -0.25) is 19.6 Å². The molecule has 4 rings (SSSR count). The lowest BCUT2D eigenvalue weighted by Crippen LogP contribution is -2.70. The highest BCUT2D eigenvalue weighted by Crippen LogP contribution is 2.41. The molecule has 4 heterocycles. The van der Waals surface area contributed by atoms with E-state index in [1.807, 2.05) is 17.5 Å². The first kappa shape index (κ1) is 19.0. The maximum atomic E-state index is 12.6. The van der Waals surface area contributed by atoms with Crippen LogP contribution in [0.4, 0.5) is 0 Å². The molecule has 146 valence electrons. The lowest BCUT2D eigenvalue weighted by molar-refractivity contribution is -0.150. The monoisotopic (exact) mass is 437 g/mol. The van der Waals surface area contributed by atoms with Gasteiger partial charge in [0.05, 0.1) is 6.42 Å². The summed E-state index contributed by atoms with van der Waals surface area (Å²) in [6, 6.07) is 3.02. The summed E-state index contributed by atoms with van der Waals surface area (Å²) in [6.07, 6.45) is 1.59. The van der Waals surface area contributed by atoms with Crippen molar-refractivity contribution in [2.45, 2.75) is 23.0 Å². The molecule has 0 bridgehead atoms. The Morgan fingerprint density at radius 1 is 1.46 bits per heavy atom. The quantitative estimate of drug-likeness (QED) is 0.431. The van der Waals surface area contributed by atoms with Crippen molar-refractivity contribution in [1.29, 1.82) is 0 Å². The number of rotatable bonds is 7. The number of hydrogen-bond donors (Lipinski definition) is 3. The number of aromatic nitrogens is 3. The minimum atomic E-state index is -1.14. The topological polar surface area (TPSA) is 128 Å². The summed E-state index contributed by atoms with van der Waals surface area (Å²) >= 11 is 4.26. The fraction of sp³-hybridized carbons (Fsp3) is 0.312. The van der Waals surface area contributed by atoms with Gasteiger partial charge in [-0.1, -0.05) is 17.8 Å². The fourth-order valence-corrected chi connectivity index (χ4v) is 5.98. The molecule has 2 aliphatic heterocycles. The number of carboxylic acids is 1. The number of carboxylic acid groups (broad SMARTS) is 1. The van der Waals surface area contributed by atoms with E-state index in [1.54, 1.807) is 0 Å². The molecular formula is C16H15N5O4S3. The van der Waals surface area contributed by atoms with E-state index in [-0.39, 0.29) is 18.0 Å². The third kappa shape index (κ3) is 3.66. The molecule has 9 nitrogen and oxygen atoms in total. The lowest BCUT2D eigenvalue weighted by atomic mass is 10.0. The Morgan fingerprint density at radius 3 is 3.00 bits per heavy atom. The van der Waals surface area contributed by atoms with E-state index in [1.165, 1.54) is 46.1 Å². The molecule has 2 aliphatic rings. The molecule has 0 spiro atoms. The smallest absolute Gasteiger partial charge is 0.352 e. The number of thiophene rings is 1. The highest BCUT2D eigenvalue weighted by atomic mass is 32.2. The second kappa shape index (κ2) is 7.97. The van der Waals surface area contributed by atoms with E-state index >= 15 is 0 Å². The number of nitrogens with zero attached hydrogens (tertiary/aromatic N) is 3. The highest BCUT2D eigenvalue weighted by Gasteiger charge is 2.54. The van der Waals surface area contributed by atoms with E-state index in [0.717, 1.165) is 4.88 Å². The molecule has 2 amide bonds. The van der Waals surface area contributed by atoms with Crippen LogP contribution in [0.25, 0.3) is 0 Å². The number of carbonyl (C=O) groups excluding carboxylic acids is 2. The third-order valence-electron chi connectivity index (χ3n) is 4.26. The Balaban J connectivity index is 1.44. The number of thioether (sulfide) groups is 2. The van der Waals surface area contributed by atoms with Gasteiger partial charge >= 0.3 is 5.97 Å². The first-order valence-electron chi connectivity index (χ1n) is 8.24. The van der Waals surface area contributed by atoms with Crippen LogP contribution in [-0.2, 0) is 20.8 Å². The van der Waals surface area contributed by atoms with Crippen molar-refractivity contribution in [3.05, 3.63) is 40.0 Å². The first-order chi connectivity index (χ1) is 13.5. The van der Waals surface area contributed by atoms with Crippen LogP contribution in [0.1, 0.15) is 4.88 Å². The van der Waals surface area contributed by atoms with Crippen molar-refractivity contribution in [1.82, 2.24) is 25.4 Å². The zero-order valence-electron chi connectivity index (χ0n) is 14.3. The summed E-state index contributed by atoms with van der Waals surface area (Å²) in [4.78, 5) is 42.8. The second-order valence-electron chi connectivity index (χ2n) is 6.05. The Kier molecular flexibility index (Phi) is 5.42. The van der Waals surface area contributed by atoms with Gasteiger partial charge in [-0.15, -0.1) is 23.1 Å². The zero-order valence-corrected chi connectivity index (χ0v) is 16.8. The van der Waals surface area contributed by atoms with Crippen LogP contribution in [0.5, 0.6) is 0 Å². The number of H-pyrrole nitrogens is 1. The van der Waals surface area contributed by atoms with Crippen LogP contribution in [0.3, 0.4) is 0 Å². The summed E-state index contributed by atoms with van der Waals surface area (Å²) in [5, 5.41) is 20.9. The minimum absolute atomic E-state index is 0.00419. The molecule has 28 heavy (non-hydrogen) atoms. The normalized spacial score (nSPS) is 21.3. The molecule has 3 N–H and O–H groups in total. The van der Waals surface area contributed by atoms with E-state index < -0.39 is 23.3 Å². The molecule has 2 atom stereocenters. The summed E-state index contributed by atoms with van der Waals surface area (Å²) in [7, 11) is 0. The van der Waals surface area contributed by atoms with Crippen molar-refractivity contribution in [3.8, 4) is 0 Å². The molecule has 1 saturated heterocycles. The molecular weight excluding hydrogens is 422 g/mol. The minimum Gasteiger partial charge on any atom is -0.477 e.